The molecular weight excluding hydrogens is 204 g/mol. The van der Waals surface area contributed by atoms with Crippen LogP contribution in [0.3, 0.4) is 0 Å². The Morgan fingerprint density at radius 3 is 3.00 bits per heavy atom. The molecule has 4 atom stereocenters. The first kappa shape index (κ1) is 8.02. The van der Waals surface area contributed by atoms with Gasteiger partial charge in [0.2, 0.25) is 0 Å². The minimum atomic E-state index is 0.718. The summed E-state index contributed by atoms with van der Waals surface area (Å²) >= 11 is 3.72. The predicted molar refractivity (Wildman–Crippen MR) is 49.5 cm³/mol. The van der Waals surface area contributed by atoms with Crippen molar-refractivity contribution in [1.82, 2.24) is 10.9 Å². The van der Waals surface area contributed by atoms with Gasteiger partial charge in [-0.3, -0.25) is 10.9 Å². The van der Waals surface area contributed by atoms with E-state index in [1.54, 1.807) is 0 Å². The SMILES string of the molecule is CC1CC2CNNC2CC1Br. The first-order chi connectivity index (χ1) is 5.27. The van der Waals surface area contributed by atoms with Crippen LogP contribution in [0.4, 0.5) is 0 Å². The van der Waals surface area contributed by atoms with Crippen LogP contribution in [0.25, 0.3) is 0 Å². The highest BCUT2D eigenvalue weighted by atomic mass is 79.9. The van der Waals surface area contributed by atoms with E-state index >= 15 is 0 Å². The van der Waals surface area contributed by atoms with E-state index in [1.807, 2.05) is 0 Å². The Hall–Kier alpha value is 0.400. The molecule has 0 radical (unpaired) electrons. The van der Waals surface area contributed by atoms with Gasteiger partial charge in [0.1, 0.15) is 0 Å². The molecule has 3 heteroatoms. The quantitative estimate of drug-likeness (QED) is 0.599. The lowest BCUT2D eigenvalue weighted by Crippen LogP contribution is -2.39. The Morgan fingerprint density at radius 1 is 1.36 bits per heavy atom. The summed E-state index contributed by atoms with van der Waals surface area (Å²) in [6.07, 6.45) is 2.64. The van der Waals surface area contributed by atoms with E-state index in [1.165, 1.54) is 12.8 Å². The van der Waals surface area contributed by atoms with Gasteiger partial charge in [-0.05, 0) is 24.7 Å². The second-order valence-corrected chi connectivity index (χ2v) is 5.03. The Kier molecular flexibility index (Phi) is 2.21. The lowest BCUT2D eigenvalue weighted by Gasteiger charge is -2.32. The highest BCUT2D eigenvalue weighted by Crippen LogP contribution is 2.34. The first-order valence-electron chi connectivity index (χ1n) is 4.40. The van der Waals surface area contributed by atoms with E-state index in [0.717, 1.165) is 29.2 Å². The summed E-state index contributed by atoms with van der Waals surface area (Å²) in [6.45, 7) is 3.50. The zero-order valence-corrected chi connectivity index (χ0v) is 8.39. The van der Waals surface area contributed by atoms with Gasteiger partial charge in [-0.15, -0.1) is 0 Å². The third-order valence-corrected chi connectivity index (χ3v) is 4.27. The number of hydrogen-bond donors (Lipinski definition) is 2. The number of rotatable bonds is 0. The van der Waals surface area contributed by atoms with Crippen LogP contribution in [-0.2, 0) is 0 Å². The smallest absolute Gasteiger partial charge is 0.0264 e. The molecular formula is C8H15BrN2. The molecule has 1 aliphatic carbocycles. The molecule has 1 aliphatic heterocycles. The molecule has 4 unspecified atom stereocenters. The lowest BCUT2D eigenvalue weighted by atomic mass is 9.80. The normalized spacial score (nSPS) is 50.7. The van der Waals surface area contributed by atoms with Crippen molar-refractivity contribution in [3.05, 3.63) is 0 Å². The Bertz CT molecular complexity index is 135. The van der Waals surface area contributed by atoms with Crippen LogP contribution in [0.5, 0.6) is 0 Å². The van der Waals surface area contributed by atoms with Crippen LogP contribution >= 0.6 is 15.9 Å². The van der Waals surface area contributed by atoms with Crippen LogP contribution in [0.1, 0.15) is 19.8 Å². The third kappa shape index (κ3) is 1.46. The summed E-state index contributed by atoms with van der Waals surface area (Å²) in [6, 6.07) is 0.718. The van der Waals surface area contributed by atoms with E-state index in [-0.39, 0.29) is 0 Å². The third-order valence-electron chi connectivity index (χ3n) is 2.99. The summed E-state index contributed by atoms with van der Waals surface area (Å²) < 4.78 is 0. The molecule has 1 saturated carbocycles. The molecule has 1 saturated heterocycles. The number of nitrogens with one attached hydrogen (secondary N) is 2. The maximum Gasteiger partial charge on any atom is 0.0264 e. The maximum absolute atomic E-state index is 3.72. The summed E-state index contributed by atoms with van der Waals surface area (Å²) in [5, 5.41) is 0. The number of hydrogen-bond acceptors (Lipinski definition) is 2. The van der Waals surface area contributed by atoms with Gasteiger partial charge in [0, 0.05) is 17.4 Å². The summed E-state index contributed by atoms with van der Waals surface area (Å²) in [5.74, 6) is 1.72. The first-order valence-corrected chi connectivity index (χ1v) is 5.31. The van der Waals surface area contributed by atoms with Gasteiger partial charge in [-0.2, -0.15) is 0 Å². The monoisotopic (exact) mass is 218 g/mol. The van der Waals surface area contributed by atoms with Crippen molar-refractivity contribution >= 4 is 15.9 Å². The molecule has 2 fully saturated rings. The van der Waals surface area contributed by atoms with Crippen LogP contribution < -0.4 is 10.9 Å². The van der Waals surface area contributed by atoms with E-state index in [0.29, 0.717) is 0 Å². The average Bonchev–Trinajstić information content (AvgIpc) is 2.36. The molecule has 11 heavy (non-hydrogen) atoms. The van der Waals surface area contributed by atoms with Crippen molar-refractivity contribution in [2.24, 2.45) is 11.8 Å². The molecule has 64 valence electrons. The average molecular weight is 219 g/mol. The van der Waals surface area contributed by atoms with Gasteiger partial charge in [0.05, 0.1) is 0 Å². The number of hydrazine groups is 1. The molecule has 2 rings (SSSR count). The van der Waals surface area contributed by atoms with Crippen LogP contribution in [0, 0.1) is 11.8 Å². The Labute approximate surface area is 76.2 Å². The maximum atomic E-state index is 3.72. The van der Waals surface area contributed by atoms with Crippen molar-refractivity contribution in [2.45, 2.75) is 30.6 Å². The van der Waals surface area contributed by atoms with Crippen molar-refractivity contribution in [2.75, 3.05) is 6.54 Å². The summed E-state index contributed by atoms with van der Waals surface area (Å²) in [5.41, 5.74) is 6.56. The Balaban J connectivity index is 2.00. The Morgan fingerprint density at radius 2 is 2.18 bits per heavy atom. The van der Waals surface area contributed by atoms with E-state index < -0.39 is 0 Å². The number of fused-ring (bicyclic) bond motifs is 1. The molecule has 1 heterocycles. The highest BCUT2D eigenvalue weighted by molar-refractivity contribution is 9.09. The topological polar surface area (TPSA) is 24.1 Å². The number of halogens is 1. The zero-order chi connectivity index (χ0) is 7.84. The van der Waals surface area contributed by atoms with Gasteiger partial charge < -0.3 is 0 Å². The molecule has 0 aromatic carbocycles. The summed E-state index contributed by atoms with van der Waals surface area (Å²) in [7, 11) is 0. The highest BCUT2D eigenvalue weighted by Gasteiger charge is 2.36. The molecule has 2 N–H and O–H groups in total. The van der Waals surface area contributed by atoms with Crippen LogP contribution in [0.2, 0.25) is 0 Å². The van der Waals surface area contributed by atoms with Gasteiger partial charge >= 0.3 is 0 Å². The molecule has 2 nitrogen and oxygen atoms in total. The standard InChI is InChI=1S/C8H15BrN2/c1-5-2-6-4-10-11-8(6)3-7(5)9/h5-8,10-11H,2-4H2,1H3. The largest absolute Gasteiger partial charge is 0.257 e. The van der Waals surface area contributed by atoms with Crippen molar-refractivity contribution in [3.8, 4) is 0 Å². The van der Waals surface area contributed by atoms with Gasteiger partial charge in [0.15, 0.2) is 0 Å². The molecule has 2 aliphatic rings. The minimum absolute atomic E-state index is 0.718. The van der Waals surface area contributed by atoms with Gasteiger partial charge in [-0.1, -0.05) is 22.9 Å². The molecule has 0 spiro atoms. The van der Waals surface area contributed by atoms with E-state index in [2.05, 4.69) is 33.7 Å². The van der Waals surface area contributed by atoms with E-state index in [4.69, 9.17) is 0 Å². The molecule has 0 aromatic heterocycles. The van der Waals surface area contributed by atoms with Crippen molar-refractivity contribution in [1.29, 1.82) is 0 Å². The molecule has 0 amide bonds. The number of alkyl halides is 1. The van der Waals surface area contributed by atoms with Crippen molar-refractivity contribution < 1.29 is 0 Å². The lowest BCUT2D eigenvalue weighted by molar-refractivity contribution is 0.279. The zero-order valence-electron chi connectivity index (χ0n) is 6.81. The van der Waals surface area contributed by atoms with E-state index in [9.17, 15) is 0 Å². The minimum Gasteiger partial charge on any atom is -0.257 e. The van der Waals surface area contributed by atoms with Crippen molar-refractivity contribution in [3.63, 3.8) is 0 Å². The molecule has 0 aromatic rings. The fraction of sp³-hybridized carbons (Fsp3) is 1.00. The fourth-order valence-electron chi connectivity index (χ4n) is 2.18. The van der Waals surface area contributed by atoms with Gasteiger partial charge in [0.25, 0.3) is 0 Å². The predicted octanol–water partition coefficient (Wildman–Crippen LogP) is 1.27. The second kappa shape index (κ2) is 3.04. The fourth-order valence-corrected chi connectivity index (χ4v) is 2.80. The van der Waals surface area contributed by atoms with Gasteiger partial charge in [-0.25, -0.2) is 0 Å². The second-order valence-electron chi connectivity index (χ2n) is 3.86. The summed E-state index contributed by atoms with van der Waals surface area (Å²) in [4.78, 5) is 0.719. The van der Waals surface area contributed by atoms with Crippen LogP contribution in [-0.4, -0.2) is 17.4 Å². The molecule has 0 bridgehead atoms. The van der Waals surface area contributed by atoms with Crippen LogP contribution in [0.15, 0.2) is 0 Å².